The first kappa shape index (κ1) is 24.7. The van der Waals surface area contributed by atoms with E-state index < -0.39 is 5.91 Å². The molecule has 0 atom stereocenters. The number of carbonyl (C=O) groups is 2. The fourth-order valence-corrected chi connectivity index (χ4v) is 4.20. The van der Waals surface area contributed by atoms with E-state index in [-0.39, 0.29) is 37.4 Å². The lowest BCUT2D eigenvalue weighted by Gasteiger charge is -2.08. The highest BCUT2D eigenvalue weighted by atomic mass is 19.1. The zero-order valence-electron chi connectivity index (χ0n) is 20.8. The van der Waals surface area contributed by atoms with Crippen molar-refractivity contribution >= 4 is 34.6 Å². The highest BCUT2D eigenvalue weighted by molar-refractivity contribution is 6.00. The van der Waals surface area contributed by atoms with E-state index >= 15 is 0 Å². The van der Waals surface area contributed by atoms with Crippen molar-refractivity contribution in [3.05, 3.63) is 84.3 Å². The van der Waals surface area contributed by atoms with E-state index in [4.69, 9.17) is 9.47 Å². The van der Waals surface area contributed by atoms with E-state index in [0.717, 1.165) is 15.7 Å². The summed E-state index contributed by atoms with van der Waals surface area (Å²) in [5.41, 5.74) is 5.16. The number of aromatic nitrogens is 5. The maximum absolute atomic E-state index is 13.1. The lowest BCUT2D eigenvalue weighted by atomic mass is 10.2. The minimum absolute atomic E-state index is 0.0590. The average molecular weight is 541 g/mol. The van der Waals surface area contributed by atoms with Crippen LogP contribution in [-0.2, 0) is 22.7 Å². The van der Waals surface area contributed by atoms with Crippen molar-refractivity contribution in [1.82, 2.24) is 30.2 Å². The van der Waals surface area contributed by atoms with Gasteiger partial charge in [-0.1, -0.05) is 18.2 Å². The van der Waals surface area contributed by atoms with Crippen molar-refractivity contribution in [2.75, 3.05) is 12.1 Å². The topological polar surface area (TPSA) is 138 Å². The average Bonchev–Trinajstić information content (AvgIpc) is 3.69. The lowest BCUT2D eigenvalue weighted by Crippen LogP contribution is -2.24. The molecule has 0 saturated carbocycles. The van der Waals surface area contributed by atoms with E-state index in [1.807, 2.05) is 24.3 Å². The molecule has 13 heteroatoms. The van der Waals surface area contributed by atoms with Gasteiger partial charge in [-0.15, -0.1) is 10.2 Å². The second-order valence-electron chi connectivity index (χ2n) is 8.79. The van der Waals surface area contributed by atoms with Crippen LogP contribution in [0.25, 0.3) is 22.3 Å². The van der Waals surface area contributed by atoms with Crippen LogP contribution in [0.15, 0.2) is 78.0 Å². The molecule has 0 unspecified atom stereocenters. The molecular formula is C27H21FN8O4. The van der Waals surface area contributed by atoms with Gasteiger partial charge >= 0.3 is 0 Å². The van der Waals surface area contributed by atoms with Gasteiger partial charge < -0.3 is 19.4 Å². The van der Waals surface area contributed by atoms with E-state index in [1.165, 1.54) is 30.5 Å². The van der Waals surface area contributed by atoms with Crippen molar-refractivity contribution in [3.8, 4) is 22.9 Å². The predicted octanol–water partition coefficient (Wildman–Crippen LogP) is 2.95. The molecule has 0 bridgehead atoms. The molecule has 2 amide bonds. The zero-order valence-corrected chi connectivity index (χ0v) is 20.8. The van der Waals surface area contributed by atoms with Crippen molar-refractivity contribution in [2.45, 2.75) is 13.1 Å². The fourth-order valence-electron chi connectivity index (χ4n) is 4.20. The Kier molecular flexibility index (Phi) is 6.58. The van der Waals surface area contributed by atoms with Gasteiger partial charge in [-0.05, 0) is 47.7 Å². The number of para-hydroxylation sites is 1. The minimum Gasteiger partial charge on any atom is -0.454 e. The van der Waals surface area contributed by atoms with Crippen LogP contribution < -0.4 is 20.2 Å². The maximum atomic E-state index is 13.1. The first-order valence-corrected chi connectivity index (χ1v) is 12.1. The number of nitrogens with one attached hydrogen (secondary N) is 2. The number of hydrazone groups is 1. The van der Waals surface area contributed by atoms with Crippen LogP contribution in [-0.4, -0.2) is 49.6 Å². The van der Waals surface area contributed by atoms with Crippen molar-refractivity contribution in [3.63, 3.8) is 0 Å². The number of fused-ring (bicyclic) bond motifs is 2. The molecular weight excluding hydrogens is 519 g/mol. The normalized spacial score (nSPS) is 12.2. The van der Waals surface area contributed by atoms with Crippen molar-refractivity contribution < 1.29 is 23.5 Å². The van der Waals surface area contributed by atoms with Crippen LogP contribution in [0.4, 0.5) is 10.1 Å². The molecule has 0 spiro atoms. The van der Waals surface area contributed by atoms with E-state index in [9.17, 15) is 14.0 Å². The van der Waals surface area contributed by atoms with Crippen LogP contribution in [0.2, 0.25) is 0 Å². The van der Waals surface area contributed by atoms with Crippen molar-refractivity contribution in [2.24, 2.45) is 5.10 Å². The highest BCUT2D eigenvalue weighted by Crippen LogP contribution is 2.34. The number of halogens is 1. The van der Waals surface area contributed by atoms with Gasteiger partial charge in [-0.3, -0.25) is 9.59 Å². The Morgan fingerprint density at radius 2 is 1.82 bits per heavy atom. The summed E-state index contributed by atoms with van der Waals surface area (Å²) in [7, 11) is 0. The van der Waals surface area contributed by atoms with Gasteiger partial charge in [0.15, 0.2) is 11.5 Å². The summed E-state index contributed by atoms with van der Waals surface area (Å²) in [5.74, 6) is 0.422. The molecule has 6 rings (SSSR count). The largest absolute Gasteiger partial charge is 0.454 e. The van der Waals surface area contributed by atoms with Gasteiger partial charge in [0.1, 0.15) is 18.9 Å². The van der Waals surface area contributed by atoms with Gasteiger partial charge in [-0.25, -0.2) is 9.82 Å². The van der Waals surface area contributed by atoms with Crippen LogP contribution in [0.3, 0.4) is 0 Å². The minimum atomic E-state index is -0.467. The van der Waals surface area contributed by atoms with Crippen LogP contribution in [0, 0.1) is 5.82 Å². The zero-order chi connectivity index (χ0) is 27.5. The second-order valence-corrected chi connectivity index (χ2v) is 8.79. The van der Waals surface area contributed by atoms with Gasteiger partial charge in [0, 0.05) is 40.0 Å². The molecule has 1 aliphatic rings. The molecule has 12 nitrogen and oxygen atoms in total. The number of benzene rings is 3. The highest BCUT2D eigenvalue weighted by Gasteiger charge is 2.15. The maximum Gasteiger partial charge on any atom is 0.263 e. The Morgan fingerprint density at radius 1 is 1.00 bits per heavy atom. The molecule has 5 aromatic rings. The Balaban J connectivity index is 1.09. The SMILES string of the molecule is O=C(Cn1nnc(-c2ccc(F)cc2)n1)N/N=C/c1cn(CC(=O)Nc2ccc3c(c2)OCO3)c2ccccc12. The predicted molar refractivity (Wildman–Crippen MR) is 142 cm³/mol. The van der Waals surface area contributed by atoms with E-state index in [1.54, 1.807) is 29.0 Å². The number of tetrazole rings is 1. The number of anilines is 1. The lowest BCUT2D eigenvalue weighted by molar-refractivity contribution is -0.122. The molecule has 200 valence electrons. The first-order valence-electron chi connectivity index (χ1n) is 12.1. The third-order valence-corrected chi connectivity index (χ3v) is 6.02. The monoisotopic (exact) mass is 540 g/mol. The van der Waals surface area contributed by atoms with Gasteiger partial charge in [0.2, 0.25) is 18.5 Å². The molecule has 1 aliphatic heterocycles. The Labute approximate surface area is 226 Å². The molecule has 3 aromatic carbocycles. The number of hydrogen-bond acceptors (Lipinski definition) is 8. The van der Waals surface area contributed by atoms with E-state index in [0.29, 0.717) is 28.3 Å². The molecule has 0 radical (unpaired) electrons. The summed E-state index contributed by atoms with van der Waals surface area (Å²) in [4.78, 5) is 26.3. The molecule has 2 aromatic heterocycles. The summed E-state index contributed by atoms with van der Waals surface area (Å²) < 4.78 is 25.6. The van der Waals surface area contributed by atoms with Gasteiger partial charge in [0.05, 0.1) is 6.21 Å². The molecule has 0 saturated heterocycles. The molecule has 0 aliphatic carbocycles. The summed E-state index contributed by atoms with van der Waals surface area (Å²) in [6.07, 6.45) is 3.29. The van der Waals surface area contributed by atoms with Gasteiger partial charge in [0.25, 0.3) is 5.91 Å². The van der Waals surface area contributed by atoms with Crippen LogP contribution >= 0.6 is 0 Å². The number of nitrogens with zero attached hydrogens (tertiary/aromatic N) is 6. The molecule has 3 heterocycles. The number of hydrogen-bond donors (Lipinski definition) is 2. The molecule has 0 fully saturated rings. The van der Waals surface area contributed by atoms with Crippen molar-refractivity contribution in [1.29, 1.82) is 0 Å². The molecule has 40 heavy (non-hydrogen) atoms. The number of rotatable bonds is 8. The fraction of sp³-hybridized carbons (Fsp3) is 0.111. The summed E-state index contributed by atoms with van der Waals surface area (Å²) >= 11 is 0. The van der Waals surface area contributed by atoms with Crippen LogP contribution in [0.5, 0.6) is 11.5 Å². The van der Waals surface area contributed by atoms with Gasteiger partial charge in [-0.2, -0.15) is 9.90 Å². The second kappa shape index (κ2) is 10.6. The van der Waals surface area contributed by atoms with Crippen LogP contribution in [0.1, 0.15) is 5.56 Å². The number of ether oxygens (including phenoxy) is 2. The third-order valence-electron chi connectivity index (χ3n) is 6.02. The smallest absolute Gasteiger partial charge is 0.263 e. The summed E-state index contributed by atoms with van der Waals surface area (Å²) in [5, 5.41) is 19.7. The Hall–Kier alpha value is -5.59. The third kappa shape index (κ3) is 5.34. The first-order chi connectivity index (χ1) is 19.5. The quantitative estimate of drug-likeness (QED) is 0.228. The Morgan fingerprint density at radius 3 is 2.70 bits per heavy atom. The molecule has 2 N–H and O–H groups in total. The number of carbonyl (C=O) groups excluding carboxylic acids is 2. The number of amides is 2. The summed E-state index contributed by atoms with van der Waals surface area (Å²) in [6, 6.07) is 18.4. The standard InChI is InChI=1S/C27H21FN8O4/c28-19-7-5-17(6-8-19)27-32-34-36(33-27)15-26(38)31-29-12-18-13-35(22-4-2-1-3-21(18)22)14-25(37)30-20-9-10-23-24(11-20)40-16-39-23/h1-13H,14-16H2,(H,30,37)(H,31,38)/b29-12+. The summed E-state index contributed by atoms with van der Waals surface area (Å²) in [6.45, 7) is -0.000498. The van der Waals surface area contributed by atoms with E-state index in [2.05, 4.69) is 31.3 Å². The Bertz CT molecular complexity index is 1750.